The number of aryl methyl sites for hydroxylation is 1. The van der Waals surface area contributed by atoms with Crippen LogP contribution in [-0.2, 0) is 6.54 Å². The fourth-order valence-electron chi connectivity index (χ4n) is 3.27. The normalized spacial score (nSPS) is 15.8. The number of hydrogen-bond donors (Lipinski definition) is 2. The van der Waals surface area contributed by atoms with Crippen LogP contribution in [0, 0.1) is 0 Å². The predicted octanol–water partition coefficient (Wildman–Crippen LogP) is 1.45. The van der Waals surface area contributed by atoms with Crippen LogP contribution in [0.25, 0.3) is 0 Å². The first-order chi connectivity index (χ1) is 12.2. The van der Waals surface area contributed by atoms with E-state index in [0.29, 0.717) is 6.54 Å². The van der Waals surface area contributed by atoms with E-state index in [0.717, 1.165) is 45.1 Å². The summed E-state index contributed by atoms with van der Waals surface area (Å²) in [6.07, 6.45) is 12.3. The largest absolute Gasteiger partial charge is 0.494 e. The van der Waals surface area contributed by atoms with E-state index in [1.807, 2.05) is 10.8 Å². The highest BCUT2D eigenvalue weighted by molar-refractivity contribution is 5.81. The lowest BCUT2D eigenvalue weighted by Gasteiger charge is -2.24. The van der Waals surface area contributed by atoms with Gasteiger partial charge in [-0.25, -0.2) is 9.78 Å². The Morgan fingerprint density at radius 2 is 2.12 bits per heavy atom. The Morgan fingerprint density at radius 1 is 1.32 bits per heavy atom. The van der Waals surface area contributed by atoms with Gasteiger partial charge in [0.1, 0.15) is 5.56 Å². The number of nitrogens with one attached hydrogen (secondary N) is 1. The maximum absolute atomic E-state index is 12.1. The van der Waals surface area contributed by atoms with Crippen LogP contribution in [0.4, 0.5) is 0 Å². The third kappa shape index (κ3) is 4.07. The van der Waals surface area contributed by atoms with E-state index < -0.39 is 11.2 Å². The third-order valence-electron chi connectivity index (χ3n) is 4.58. The van der Waals surface area contributed by atoms with Crippen molar-refractivity contribution in [1.82, 2.24) is 19.1 Å². The molecule has 8 nitrogen and oxygen atoms in total. The van der Waals surface area contributed by atoms with Crippen molar-refractivity contribution in [2.24, 2.45) is 4.99 Å². The summed E-state index contributed by atoms with van der Waals surface area (Å²) >= 11 is 0. The van der Waals surface area contributed by atoms with E-state index in [1.54, 1.807) is 12.5 Å². The van der Waals surface area contributed by atoms with Gasteiger partial charge in [0.2, 0.25) is 5.88 Å². The van der Waals surface area contributed by atoms with Crippen molar-refractivity contribution < 1.29 is 5.11 Å². The average molecular weight is 345 g/mol. The molecule has 25 heavy (non-hydrogen) atoms. The molecular weight excluding hydrogens is 322 g/mol. The maximum Gasteiger partial charge on any atom is 0.331 e. The molecule has 2 heterocycles. The SMILES string of the molecule is O=c1[nH]c(=O)n(C2CCCCC2)c(O)c1C=NCCCn1ccnc1. The molecule has 2 aromatic heterocycles. The first kappa shape index (κ1) is 17.2. The highest BCUT2D eigenvalue weighted by Crippen LogP contribution is 2.29. The quantitative estimate of drug-likeness (QED) is 0.610. The summed E-state index contributed by atoms with van der Waals surface area (Å²) in [4.78, 5) is 34.6. The molecule has 0 unspecified atom stereocenters. The summed E-state index contributed by atoms with van der Waals surface area (Å²) in [5, 5.41) is 10.4. The van der Waals surface area contributed by atoms with E-state index in [9.17, 15) is 14.7 Å². The number of rotatable bonds is 6. The number of aromatic amines is 1. The fourth-order valence-corrected chi connectivity index (χ4v) is 3.27. The topological polar surface area (TPSA) is 105 Å². The van der Waals surface area contributed by atoms with Crippen LogP contribution in [0.3, 0.4) is 0 Å². The summed E-state index contributed by atoms with van der Waals surface area (Å²) < 4.78 is 3.26. The molecule has 0 radical (unpaired) electrons. The smallest absolute Gasteiger partial charge is 0.331 e. The zero-order chi connectivity index (χ0) is 17.6. The Bertz CT molecular complexity index is 829. The minimum Gasteiger partial charge on any atom is -0.494 e. The van der Waals surface area contributed by atoms with Crippen LogP contribution >= 0.6 is 0 Å². The van der Waals surface area contributed by atoms with Crippen LogP contribution in [0.15, 0.2) is 33.3 Å². The highest BCUT2D eigenvalue weighted by Gasteiger charge is 2.22. The van der Waals surface area contributed by atoms with Crippen LogP contribution < -0.4 is 11.2 Å². The van der Waals surface area contributed by atoms with Gasteiger partial charge in [-0.05, 0) is 19.3 Å². The number of hydrogen-bond acceptors (Lipinski definition) is 5. The van der Waals surface area contributed by atoms with Gasteiger partial charge >= 0.3 is 5.69 Å². The number of imidazole rings is 1. The molecule has 0 aliphatic heterocycles. The molecule has 1 saturated carbocycles. The average Bonchev–Trinajstić information content (AvgIpc) is 3.11. The van der Waals surface area contributed by atoms with Crippen molar-refractivity contribution in [2.75, 3.05) is 6.54 Å². The first-order valence-corrected chi connectivity index (χ1v) is 8.70. The van der Waals surface area contributed by atoms with Gasteiger partial charge in [0.25, 0.3) is 5.56 Å². The van der Waals surface area contributed by atoms with E-state index in [4.69, 9.17) is 0 Å². The molecule has 2 N–H and O–H groups in total. The first-order valence-electron chi connectivity index (χ1n) is 8.70. The van der Waals surface area contributed by atoms with Crippen molar-refractivity contribution in [3.8, 4) is 5.88 Å². The third-order valence-corrected chi connectivity index (χ3v) is 4.58. The van der Waals surface area contributed by atoms with Crippen LogP contribution in [0.1, 0.15) is 50.1 Å². The van der Waals surface area contributed by atoms with Crippen molar-refractivity contribution in [3.05, 3.63) is 45.1 Å². The molecule has 0 atom stereocenters. The van der Waals surface area contributed by atoms with Gasteiger partial charge in [-0.2, -0.15) is 0 Å². The molecule has 2 aromatic rings. The highest BCUT2D eigenvalue weighted by atomic mass is 16.3. The van der Waals surface area contributed by atoms with E-state index in [-0.39, 0.29) is 17.5 Å². The molecule has 1 aliphatic rings. The lowest BCUT2D eigenvalue weighted by atomic mass is 9.95. The summed E-state index contributed by atoms with van der Waals surface area (Å²) in [7, 11) is 0. The van der Waals surface area contributed by atoms with E-state index in [1.165, 1.54) is 10.8 Å². The Labute approximate surface area is 144 Å². The molecule has 1 aliphatic carbocycles. The second-order valence-electron chi connectivity index (χ2n) is 6.35. The monoisotopic (exact) mass is 345 g/mol. The van der Waals surface area contributed by atoms with Gasteiger partial charge in [0, 0.05) is 37.7 Å². The Balaban J connectivity index is 1.72. The predicted molar refractivity (Wildman–Crippen MR) is 94.4 cm³/mol. The molecule has 3 rings (SSSR count). The molecular formula is C17H23N5O3. The summed E-state index contributed by atoms with van der Waals surface area (Å²) in [6, 6.07) is -0.0634. The summed E-state index contributed by atoms with van der Waals surface area (Å²) in [6.45, 7) is 1.29. The maximum atomic E-state index is 12.1. The van der Waals surface area contributed by atoms with Gasteiger partial charge in [0.05, 0.1) is 6.33 Å². The number of aliphatic imine (C=N–C) groups is 1. The minimum absolute atomic E-state index is 0.0489. The van der Waals surface area contributed by atoms with Crippen molar-refractivity contribution >= 4 is 6.21 Å². The standard InChI is InChI=1S/C17H23N5O3/c23-15-14(11-18-7-4-9-21-10-8-19-12-21)16(24)22(17(25)20-15)13-5-2-1-3-6-13/h8,10-13,24H,1-7,9H2,(H,20,23,25). The molecule has 8 heteroatoms. The van der Waals surface area contributed by atoms with Crippen LogP contribution in [-0.4, -0.2) is 37.0 Å². The van der Waals surface area contributed by atoms with E-state index >= 15 is 0 Å². The van der Waals surface area contributed by atoms with Crippen LogP contribution in [0.5, 0.6) is 5.88 Å². The summed E-state index contributed by atoms with van der Waals surface area (Å²) in [5.74, 6) is -0.279. The Hall–Kier alpha value is -2.64. The fraction of sp³-hybridized carbons (Fsp3) is 0.529. The zero-order valence-corrected chi connectivity index (χ0v) is 14.1. The molecule has 0 bridgehead atoms. The number of aromatic nitrogens is 4. The molecule has 1 fully saturated rings. The van der Waals surface area contributed by atoms with Gasteiger partial charge in [0.15, 0.2) is 0 Å². The summed E-state index contributed by atoms with van der Waals surface area (Å²) in [5.41, 5.74) is -1.10. The van der Waals surface area contributed by atoms with Crippen molar-refractivity contribution in [3.63, 3.8) is 0 Å². The van der Waals surface area contributed by atoms with Crippen molar-refractivity contribution in [1.29, 1.82) is 0 Å². The van der Waals surface area contributed by atoms with Gasteiger partial charge in [-0.1, -0.05) is 19.3 Å². The number of aromatic hydroxyl groups is 1. The second kappa shape index (κ2) is 7.96. The Kier molecular flexibility index (Phi) is 5.47. The van der Waals surface area contributed by atoms with E-state index in [2.05, 4.69) is 15.0 Å². The number of H-pyrrole nitrogens is 1. The molecule has 0 spiro atoms. The zero-order valence-electron chi connectivity index (χ0n) is 14.1. The van der Waals surface area contributed by atoms with Gasteiger partial charge in [-0.3, -0.25) is 19.3 Å². The van der Waals surface area contributed by atoms with Gasteiger partial charge < -0.3 is 9.67 Å². The van der Waals surface area contributed by atoms with Crippen molar-refractivity contribution in [2.45, 2.75) is 51.1 Å². The molecule has 0 aromatic carbocycles. The lowest BCUT2D eigenvalue weighted by Crippen LogP contribution is -2.35. The van der Waals surface area contributed by atoms with Crippen LogP contribution in [0.2, 0.25) is 0 Å². The molecule has 0 saturated heterocycles. The number of nitrogens with zero attached hydrogens (tertiary/aromatic N) is 4. The molecule has 134 valence electrons. The molecule has 0 amide bonds. The minimum atomic E-state index is -0.604. The van der Waals surface area contributed by atoms with Gasteiger partial charge in [-0.15, -0.1) is 0 Å². The Morgan fingerprint density at radius 3 is 2.84 bits per heavy atom. The lowest BCUT2D eigenvalue weighted by molar-refractivity contribution is 0.298. The second-order valence-corrected chi connectivity index (χ2v) is 6.35.